The van der Waals surface area contributed by atoms with Gasteiger partial charge in [0, 0.05) is 0 Å². The first-order valence-corrected chi connectivity index (χ1v) is 7.28. The van der Waals surface area contributed by atoms with Gasteiger partial charge in [0.1, 0.15) is 0 Å². The molecule has 0 fully saturated rings. The van der Waals surface area contributed by atoms with Crippen LogP contribution in [0, 0.1) is 0 Å². The molecule has 0 aromatic rings. The smallest absolute Gasteiger partial charge is 0.436 e. The summed E-state index contributed by atoms with van der Waals surface area (Å²) in [6, 6.07) is 0. The van der Waals surface area contributed by atoms with Crippen LogP contribution in [0.25, 0.3) is 0 Å². The van der Waals surface area contributed by atoms with E-state index in [-0.39, 0.29) is 5.17 Å². The van der Waals surface area contributed by atoms with Crippen LogP contribution in [0.2, 0.25) is 0 Å². The Morgan fingerprint density at radius 2 is 1.70 bits per heavy atom. The highest BCUT2D eigenvalue weighted by Crippen LogP contribution is 2.04. The van der Waals surface area contributed by atoms with Crippen LogP contribution in [0.5, 0.6) is 0 Å². The molecular formula is C12H22N2O5S. The van der Waals surface area contributed by atoms with Crippen LogP contribution in [0.1, 0.15) is 39.5 Å². The number of carbonyl (C=O) groups is 2. The molecule has 0 atom stereocenters. The van der Waals surface area contributed by atoms with E-state index >= 15 is 0 Å². The lowest BCUT2D eigenvalue weighted by molar-refractivity contribution is 0.150. The van der Waals surface area contributed by atoms with Gasteiger partial charge in [-0.05, 0) is 12.8 Å². The van der Waals surface area contributed by atoms with Crippen LogP contribution >= 0.6 is 12.0 Å². The minimum Gasteiger partial charge on any atom is -0.449 e. The fourth-order valence-electron chi connectivity index (χ4n) is 0.998. The number of nitrogens with zero attached hydrogens (tertiary/aromatic N) is 1. The van der Waals surface area contributed by atoms with E-state index in [1.54, 1.807) is 0 Å². The summed E-state index contributed by atoms with van der Waals surface area (Å²) in [5.41, 5.74) is 0. The molecule has 0 saturated carbocycles. The molecule has 0 bridgehead atoms. The van der Waals surface area contributed by atoms with Gasteiger partial charge in [-0.3, -0.25) is 5.32 Å². The first-order chi connectivity index (χ1) is 9.63. The Morgan fingerprint density at radius 1 is 1.10 bits per heavy atom. The number of nitrogens with one attached hydrogen (secondary N) is 1. The van der Waals surface area contributed by atoms with Crippen LogP contribution in [0.4, 0.5) is 9.59 Å². The van der Waals surface area contributed by atoms with Gasteiger partial charge in [0.2, 0.25) is 5.17 Å². The van der Waals surface area contributed by atoms with E-state index in [4.69, 9.17) is 13.7 Å². The van der Waals surface area contributed by atoms with Crippen LogP contribution in [-0.4, -0.2) is 37.7 Å². The lowest BCUT2D eigenvalue weighted by atomic mass is 10.4. The highest BCUT2D eigenvalue weighted by molar-refractivity contribution is 8.09. The van der Waals surface area contributed by atoms with Gasteiger partial charge in [0.15, 0.2) is 0 Å². The zero-order valence-corrected chi connectivity index (χ0v) is 13.0. The number of aliphatic imine (C=N–C) groups is 1. The molecule has 0 unspecified atom stereocenters. The Bertz CT molecular complexity index is 323. The number of amidine groups is 1. The second-order valence-corrected chi connectivity index (χ2v) is 4.64. The highest BCUT2D eigenvalue weighted by atomic mass is 32.2. The van der Waals surface area contributed by atoms with E-state index in [2.05, 4.69) is 10.3 Å². The topological polar surface area (TPSA) is 86.2 Å². The van der Waals surface area contributed by atoms with E-state index < -0.39 is 12.2 Å². The van der Waals surface area contributed by atoms with Gasteiger partial charge in [-0.2, -0.15) is 0 Å². The third-order valence-electron chi connectivity index (χ3n) is 2.02. The van der Waals surface area contributed by atoms with E-state index in [0.29, 0.717) is 13.2 Å². The molecule has 0 aliphatic carbocycles. The van der Waals surface area contributed by atoms with Crippen molar-refractivity contribution >= 4 is 29.4 Å². The molecule has 0 aliphatic rings. The van der Waals surface area contributed by atoms with Crippen molar-refractivity contribution in [2.24, 2.45) is 4.99 Å². The summed E-state index contributed by atoms with van der Waals surface area (Å²) < 4.78 is 14.5. The molecule has 0 saturated heterocycles. The molecule has 0 radical (unpaired) electrons. The fraction of sp³-hybridized carbons (Fsp3) is 0.750. The Balaban J connectivity index is 4.24. The van der Waals surface area contributed by atoms with Gasteiger partial charge < -0.3 is 13.7 Å². The Hall–Kier alpha value is -1.28. The molecule has 1 N–H and O–H groups in total. The number of carbonyl (C=O) groups excluding carboxylic acids is 2. The largest absolute Gasteiger partial charge is 0.449 e. The lowest BCUT2D eigenvalue weighted by Gasteiger charge is -2.07. The van der Waals surface area contributed by atoms with Crippen LogP contribution in [0.3, 0.4) is 0 Å². The lowest BCUT2D eigenvalue weighted by Crippen LogP contribution is -2.30. The molecule has 2 amide bonds. The number of alkyl carbamates (subject to hydrolysis) is 1. The minimum absolute atomic E-state index is 0.0181. The number of ether oxygens (including phenoxy) is 2. The standard InChI is InChI=1S/C12H22N2O5S/c1-4-6-8-18-11(15)13-10(20-17-3)14-12(16)19-9-7-5-2/h4-9H2,1-3H3,(H,13,14,15,16). The van der Waals surface area contributed by atoms with Gasteiger partial charge in [-0.1, -0.05) is 26.7 Å². The summed E-state index contributed by atoms with van der Waals surface area (Å²) in [6.07, 6.45) is 1.93. The molecule has 0 heterocycles. The van der Waals surface area contributed by atoms with Crippen molar-refractivity contribution in [2.45, 2.75) is 39.5 Å². The summed E-state index contributed by atoms with van der Waals surface area (Å²) in [6.45, 7) is 4.58. The van der Waals surface area contributed by atoms with Gasteiger partial charge in [-0.15, -0.1) is 4.99 Å². The Labute approximate surface area is 123 Å². The van der Waals surface area contributed by atoms with Crippen LogP contribution in [-0.2, 0) is 13.7 Å². The maximum absolute atomic E-state index is 11.4. The number of amides is 2. The monoisotopic (exact) mass is 306 g/mol. The number of rotatable bonds is 7. The summed E-state index contributed by atoms with van der Waals surface area (Å²) in [7, 11) is 1.40. The van der Waals surface area contributed by atoms with Gasteiger partial charge in [0.25, 0.3) is 0 Å². The summed E-state index contributed by atoms with van der Waals surface area (Å²) in [4.78, 5) is 26.4. The van der Waals surface area contributed by atoms with E-state index in [1.807, 2.05) is 13.8 Å². The summed E-state index contributed by atoms with van der Waals surface area (Å²) >= 11 is 0.749. The van der Waals surface area contributed by atoms with Gasteiger partial charge >= 0.3 is 12.2 Å². The third kappa shape index (κ3) is 10.6. The molecular weight excluding hydrogens is 284 g/mol. The van der Waals surface area contributed by atoms with Crippen molar-refractivity contribution in [1.29, 1.82) is 0 Å². The fourth-order valence-corrected chi connectivity index (χ4v) is 1.39. The van der Waals surface area contributed by atoms with E-state index in [1.165, 1.54) is 7.11 Å². The molecule has 7 nitrogen and oxygen atoms in total. The summed E-state index contributed by atoms with van der Waals surface area (Å²) in [5.74, 6) is 0. The maximum Gasteiger partial charge on any atom is 0.436 e. The van der Waals surface area contributed by atoms with Crippen molar-refractivity contribution in [3.63, 3.8) is 0 Å². The number of unbranched alkanes of at least 4 members (excludes halogenated alkanes) is 2. The second-order valence-electron chi connectivity index (χ2n) is 3.75. The Morgan fingerprint density at radius 3 is 2.25 bits per heavy atom. The molecule has 0 aromatic heterocycles. The molecule has 116 valence electrons. The van der Waals surface area contributed by atoms with E-state index in [9.17, 15) is 9.59 Å². The first kappa shape index (κ1) is 18.7. The maximum atomic E-state index is 11.4. The van der Waals surface area contributed by atoms with Crippen LogP contribution < -0.4 is 5.32 Å². The van der Waals surface area contributed by atoms with Crippen molar-refractivity contribution in [3.05, 3.63) is 0 Å². The number of hydrogen-bond acceptors (Lipinski definition) is 6. The average Bonchev–Trinajstić information content (AvgIpc) is 2.39. The van der Waals surface area contributed by atoms with Crippen molar-refractivity contribution in [1.82, 2.24) is 5.32 Å². The SMILES string of the molecule is CCCCOC(=O)N=C(NC(=O)OCCCC)SOC. The van der Waals surface area contributed by atoms with Crippen LogP contribution in [0.15, 0.2) is 4.99 Å². The summed E-state index contributed by atoms with van der Waals surface area (Å²) in [5, 5.41) is 2.31. The van der Waals surface area contributed by atoms with Crippen molar-refractivity contribution in [2.75, 3.05) is 20.3 Å². The molecule has 0 spiro atoms. The molecule has 20 heavy (non-hydrogen) atoms. The Kier molecular flexibility index (Phi) is 11.9. The third-order valence-corrected chi connectivity index (χ3v) is 2.54. The number of hydrogen-bond donors (Lipinski definition) is 1. The highest BCUT2D eigenvalue weighted by Gasteiger charge is 2.11. The quantitative estimate of drug-likeness (QED) is 0.336. The van der Waals surface area contributed by atoms with E-state index in [0.717, 1.165) is 37.7 Å². The molecule has 0 aliphatic heterocycles. The molecule has 8 heteroatoms. The minimum atomic E-state index is -0.771. The van der Waals surface area contributed by atoms with Gasteiger partial charge in [-0.25, -0.2) is 9.59 Å². The predicted molar refractivity (Wildman–Crippen MR) is 77.7 cm³/mol. The first-order valence-electron chi connectivity index (χ1n) is 6.53. The van der Waals surface area contributed by atoms with Gasteiger partial charge in [0.05, 0.1) is 32.4 Å². The van der Waals surface area contributed by atoms with Crippen molar-refractivity contribution < 1.29 is 23.2 Å². The zero-order valence-electron chi connectivity index (χ0n) is 12.1. The average molecular weight is 306 g/mol. The normalized spacial score (nSPS) is 11.1. The van der Waals surface area contributed by atoms with Crippen molar-refractivity contribution in [3.8, 4) is 0 Å². The molecule has 0 aromatic carbocycles. The molecule has 0 rings (SSSR count). The second kappa shape index (κ2) is 12.7. The predicted octanol–water partition coefficient (Wildman–Crippen LogP) is 3.10. The zero-order chi connectivity index (χ0) is 15.2.